The summed E-state index contributed by atoms with van der Waals surface area (Å²) in [4.78, 5) is 11.7. The van der Waals surface area contributed by atoms with Crippen molar-refractivity contribution in [1.29, 1.82) is 0 Å². The molecule has 0 aliphatic heterocycles. The summed E-state index contributed by atoms with van der Waals surface area (Å²) in [5.41, 5.74) is 1.14. The number of alkyl carbamates (subject to hydrolysis) is 1. The van der Waals surface area contributed by atoms with Gasteiger partial charge in [0.05, 0.1) is 6.10 Å². The molecule has 0 radical (unpaired) electrons. The zero-order valence-electron chi connectivity index (χ0n) is 12.3. The fraction of sp³-hybridized carbons (Fsp3) is 0.588. The Balaban J connectivity index is 1.40. The third kappa shape index (κ3) is 3.05. The van der Waals surface area contributed by atoms with Crippen LogP contribution in [0.2, 0.25) is 0 Å². The van der Waals surface area contributed by atoms with Crippen LogP contribution in [0.5, 0.6) is 0 Å². The molecule has 1 aromatic rings. The number of ether oxygens (including phenoxy) is 1. The van der Waals surface area contributed by atoms with Crippen molar-refractivity contribution < 1.29 is 14.6 Å². The highest BCUT2D eigenvalue weighted by atomic mass is 16.5. The van der Waals surface area contributed by atoms with E-state index >= 15 is 0 Å². The van der Waals surface area contributed by atoms with Crippen LogP contribution < -0.4 is 5.32 Å². The third-order valence-electron chi connectivity index (χ3n) is 5.16. The van der Waals surface area contributed by atoms with E-state index in [2.05, 4.69) is 5.32 Å². The summed E-state index contributed by atoms with van der Waals surface area (Å²) >= 11 is 0. The van der Waals surface area contributed by atoms with Gasteiger partial charge in [-0.2, -0.15) is 0 Å². The first-order chi connectivity index (χ1) is 10.2. The largest absolute Gasteiger partial charge is 0.445 e. The Morgan fingerprint density at radius 2 is 2.05 bits per heavy atom. The van der Waals surface area contributed by atoms with Gasteiger partial charge in [0.15, 0.2) is 0 Å². The predicted molar refractivity (Wildman–Crippen MR) is 79.6 cm³/mol. The molecule has 0 heterocycles. The van der Waals surface area contributed by atoms with Crippen molar-refractivity contribution >= 4 is 6.09 Å². The standard InChI is InChI=1S/C17H23NO3/c19-15-14(7-10-17(15)8-4-9-17)11-18-16(20)21-12-13-5-2-1-3-6-13/h1-3,5-6,14-15,19H,4,7-12H2,(H,18,20). The fourth-order valence-electron chi connectivity index (χ4n) is 3.66. The summed E-state index contributed by atoms with van der Waals surface area (Å²) in [5, 5.41) is 13.2. The van der Waals surface area contributed by atoms with Gasteiger partial charge in [0, 0.05) is 12.5 Å². The number of amides is 1. The predicted octanol–water partition coefficient (Wildman–Crippen LogP) is 2.85. The molecule has 1 amide bonds. The molecule has 2 fully saturated rings. The number of hydrogen-bond acceptors (Lipinski definition) is 3. The minimum atomic E-state index is -0.402. The van der Waals surface area contributed by atoms with Crippen LogP contribution in [0.3, 0.4) is 0 Å². The van der Waals surface area contributed by atoms with E-state index in [1.165, 1.54) is 6.42 Å². The quantitative estimate of drug-likeness (QED) is 0.896. The SMILES string of the molecule is O=C(NCC1CCC2(CCC2)C1O)OCc1ccccc1. The molecule has 1 spiro atoms. The molecule has 0 saturated heterocycles. The molecule has 21 heavy (non-hydrogen) atoms. The zero-order chi connectivity index (χ0) is 14.7. The Bertz CT molecular complexity index is 484. The normalized spacial score (nSPS) is 26.3. The number of carbonyl (C=O) groups excluding carboxylic acids is 1. The van der Waals surface area contributed by atoms with E-state index in [0.717, 1.165) is 31.2 Å². The number of carbonyl (C=O) groups is 1. The molecule has 2 aliphatic rings. The Morgan fingerprint density at radius 1 is 1.29 bits per heavy atom. The van der Waals surface area contributed by atoms with Crippen LogP contribution in [0.1, 0.15) is 37.7 Å². The second-order valence-corrected chi connectivity index (χ2v) is 6.40. The summed E-state index contributed by atoms with van der Waals surface area (Å²) in [6, 6.07) is 9.62. The van der Waals surface area contributed by atoms with Gasteiger partial charge in [-0.3, -0.25) is 0 Å². The van der Waals surface area contributed by atoms with Crippen LogP contribution in [0, 0.1) is 11.3 Å². The maximum atomic E-state index is 11.7. The summed E-state index contributed by atoms with van der Waals surface area (Å²) in [7, 11) is 0. The number of benzene rings is 1. The molecule has 2 N–H and O–H groups in total. The third-order valence-corrected chi connectivity index (χ3v) is 5.16. The van der Waals surface area contributed by atoms with E-state index in [1.54, 1.807) is 0 Å². The van der Waals surface area contributed by atoms with Gasteiger partial charge in [-0.15, -0.1) is 0 Å². The molecule has 114 valence electrons. The average Bonchev–Trinajstić information content (AvgIpc) is 2.81. The molecule has 0 aromatic heterocycles. The lowest BCUT2D eigenvalue weighted by atomic mass is 9.65. The Labute approximate surface area is 125 Å². The van der Waals surface area contributed by atoms with Gasteiger partial charge in [-0.05, 0) is 36.7 Å². The monoisotopic (exact) mass is 289 g/mol. The van der Waals surface area contributed by atoms with E-state index in [0.29, 0.717) is 6.54 Å². The van der Waals surface area contributed by atoms with Crippen molar-refractivity contribution in [2.45, 2.75) is 44.8 Å². The van der Waals surface area contributed by atoms with E-state index < -0.39 is 6.09 Å². The molecule has 2 atom stereocenters. The molecular weight excluding hydrogens is 266 g/mol. The molecular formula is C17H23NO3. The summed E-state index contributed by atoms with van der Waals surface area (Å²) in [5.74, 6) is 0.176. The van der Waals surface area contributed by atoms with Gasteiger partial charge in [0.1, 0.15) is 6.61 Å². The Morgan fingerprint density at radius 3 is 2.67 bits per heavy atom. The first-order valence-electron chi connectivity index (χ1n) is 7.82. The van der Waals surface area contributed by atoms with E-state index in [9.17, 15) is 9.90 Å². The van der Waals surface area contributed by atoms with Gasteiger partial charge in [-0.25, -0.2) is 4.79 Å². The molecule has 3 rings (SSSR count). The molecule has 0 bridgehead atoms. The highest BCUT2D eigenvalue weighted by Gasteiger charge is 2.50. The average molecular weight is 289 g/mol. The summed E-state index contributed by atoms with van der Waals surface area (Å²) < 4.78 is 5.18. The number of hydrogen-bond donors (Lipinski definition) is 2. The maximum Gasteiger partial charge on any atom is 0.407 e. The Kier molecular flexibility index (Phi) is 4.15. The van der Waals surface area contributed by atoms with Crippen molar-refractivity contribution in [1.82, 2.24) is 5.32 Å². The lowest BCUT2D eigenvalue weighted by Crippen LogP contribution is -2.42. The number of nitrogens with one attached hydrogen (secondary N) is 1. The second-order valence-electron chi connectivity index (χ2n) is 6.40. The first-order valence-corrected chi connectivity index (χ1v) is 7.82. The lowest BCUT2D eigenvalue weighted by molar-refractivity contribution is -0.0281. The number of aliphatic hydroxyl groups is 1. The maximum absolute atomic E-state index is 11.7. The van der Waals surface area contributed by atoms with Crippen molar-refractivity contribution in [3.8, 4) is 0 Å². The zero-order valence-corrected chi connectivity index (χ0v) is 12.3. The van der Waals surface area contributed by atoms with E-state index in [-0.39, 0.29) is 24.0 Å². The van der Waals surface area contributed by atoms with Crippen LogP contribution in [0.25, 0.3) is 0 Å². The van der Waals surface area contributed by atoms with Crippen molar-refractivity contribution in [2.75, 3.05) is 6.54 Å². The summed E-state index contributed by atoms with van der Waals surface area (Å²) in [6.07, 6.45) is 4.95. The van der Waals surface area contributed by atoms with E-state index in [4.69, 9.17) is 4.74 Å². The minimum absolute atomic E-state index is 0.167. The van der Waals surface area contributed by atoms with Crippen LogP contribution in [-0.4, -0.2) is 23.8 Å². The van der Waals surface area contributed by atoms with Crippen LogP contribution >= 0.6 is 0 Å². The number of aliphatic hydroxyl groups excluding tert-OH is 1. The van der Waals surface area contributed by atoms with Gasteiger partial charge < -0.3 is 15.2 Å². The smallest absolute Gasteiger partial charge is 0.407 e. The molecule has 4 nitrogen and oxygen atoms in total. The van der Waals surface area contributed by atoms with Gasteiger partial charge in [0.2, 0.25) is 0 Å². The van der Waals surface area contributed by atoms with Crippen molar-refractivity contribution in [3.05, 3.63) is 35.9 Å². The Hall–Kier alpha value is -1.55. The van der Waals surface area contributed by atoms with E-state index in [1.807, 2.05) is 30.3 Å². The van der Waals surface area contributed by atoms with Gasteiger partial charge in [0.25, 0.3) is 0 Å². The molecule has 4 heteroatoms. The van der Waals surface area contributed by atoms with Crippen molar-refractivity contribution in [3.63, 3.8) is 0 Å². The van der Waals surface area contributed by atoms with Crippen LogP contribution in [-0.2, 0) is 11.3 Å². The van der Waals surface area contributed by atoms with Gasteiger partial charge >= 0.3 is 6.09 Å². The fourth-order valence-corrected chi connectivity index (χ4v) is 3.66. The summed E-state index contributed by atoms with van der Waals surface area (Å²) in [6.45, 7) is 0.792. The molecule has 2 aliphatic carbocycles. The van der Waals surface area contributed by atoms with Crippen molar-refractivity contribution in [2.24, 2.45) is 11.3 Å². The van der Waals surface area contributed by atoms with Crippen LogP contribution in [0.4, 0.5) is 4.79 Å². The highest BCUT2D eigenvalue weighted by Crippen LogP contribution is 2.54. The van der Waals surface area contributed by atoms with Gasteiger partial charge in [-0.1, -0.05) is 36.8 Å². The lowest BCUT2D eigenvalue weighted by Gasteiger charge is -2.42. The second kappa shape index (κ2) is 6.06. The molecule has 1 aromatic carbocycles. The minimum Gasteiger partial charge on any atom is -0.445 e. The highest BCUT2D eigenvalue weighted by molar-refractivity contribution is 5.67. The molecule has 2 unspecified atom stereocenters. The topological polar surface area (TPSA) is 58.6 Å². The van der Waals surface area contributed by atoms with Crippen LogP contribution in [0.15, 0.2) is 30.3 Å². The number of rotatable bonds is 4. The first kappa shape index (κ1) is 14.4. The molecule has 2 saturated carbocycles.